The average Bonchev–Trinajstić information content (AvgIpc) is 2.80. The van der Waals surface area contributed by atoms with Gasteiger partial charge in [0.15, 0.2) is 11.5 Å². The van der Waals surface area contributed by atoms with Gasteiger partial charge in [0.05, 0.1) is 24.9 Å². The van der Waals surface area contributed by atoms with Crippen LogP contribution in [0.5, 0.6) is 11.5 Å². The molecule has 2 aromatic carbocycles. The van der Waals surface area contributed by atoms with E-state index in [0.29, 0.717) is 29.3 Å². The number of ketones is 1. The average molecular weight is 325 g/mol. The van der Waals surface area contributed by atoms with Gasteiger partial charge in [0.2, 0.25) is 0 Å². The molecule has 124 valence electrons. The number of aryl methyl sites for hydroxylation is 2. The summed E-state index contributed by atoms with van der Waals surface area (Å²) in [5, 5.41) is 0. The lowest BCUT2D eigenvalue weighted by Crippen LogP contribution is -2.33. The maximum Gasteiger partial charge on any atom is 0.299 e. The monoisotopic (exact) mass is 325 g/mol. The molecule has 0 radical (unpaired) electrons. The van der Waals surface area contributed by atoms with Crippen LogP contribution in [-0.2, 0) is 4.79 Å². The number of fused-ring (bicyclic) bond motifs is 1. The molecule has 3 rings (SSSR count). The summed E-state index contributed by atoms with van der Waals surface area (Å²) in [4.78, 5) is 26.0. The number of benzene rings is 2. The first-order valence-corrected chi connectivity index (χ1v) is 7.76. The number of carbonyl (C=O) groups excluding carboxylic acids is 2. The van der Waals surface area contributed by atoms with E-state index in [1.807, 2.05) is 38.1 Å². The molecule has 2 aromatic rings. The summed E-state index contributed by atoms with van der Waals surface area (Å²) in [6.45, 7) is 4.40. The highest BCUT2D eigenvalue weighted by Gasteiger charge is 2.36. The lowest BCUT2D eigenvalue weighted by atomic mass is 10.0. The molecular formula is C19H19NO4. The molecule has 1 heterocycles. The molecule has 0 unspecified atom stereocenters. The summed E-state index contributed by atoms with van der Waals surface area (Å²) in [6, 6.07) is 11.1. The molecule has 0 aliphatic carbocycles. The molecule has 0 bridgehead atoms. The molecule has 1 amide bonds. The largest absolute Gasteiger partial charge is 0.493 e. The van der Waals surface area contributed by atoms with Crippen LogP contribution in [0.15, 0.2) is 36.4 Å². The van der Waals surface area contributed by atoms with Gasteiger partial charge in [-0.05, 0) is 43.2 Å². The molecule has 5 heteroatoms. The van der Waals surface area contributed by atoms with E-state index in [1.165, 1.54) is 4.90 Å². The minimum Gasteiger partial charge on any atom is -0.493 e. The highest BCUT2D eigenvalue weighted by molar-refractivity contribution is 6.52. The number of carbonyl (C=O) groups is 2. The molecule has 1 aliphatic rings. The van der Waals surface area contributed by atoms with Gasteiger partial charge in [-0.15, -0.1) is 0 Å². The third kappa shape index (κ3) is 2.73. The molecular weight excluding hydrogens is 306 g/mol. The number of methoxy groups -OCH3 is 1. The predicted octanol–water partition coefficient (Wildman–Crippen LogP) is 2.92. The molecule has 0 atom stereocenters. The number of Topliss-reactive ketones (excluding diaryl/α,β-unsaturated/α-hetero) is 1. The molecule has 0 N–H and O–H groups in total. The third-order valence-electron chi connectivity index (χ3n) is 4.04. The van der Waals surface area contributed by atoms with Gasteiger partial charge in [-0.2, -0.15) is 0 Å². The van der Waals surface area contributed by atoms with Gasteiger partial charge in [0.25, 0.3) is 11.7 Å². The summed E-state index contributed by atoms with van der Waals surface area (Å²) in [5.74, 6) is 0.295. The van der Waals surface area contributed by atoms with Gasteiger partial charge in [-0.25, -0.2) is 0 Å². The van der Waals surface area contributed by atoms with Crippen molar-refractivity contribution in [2.24, 2.45) is 0 Å². The second kappa shape index (κ2) is 6.35. The minimum atomic E-state index is -0.498. The van der Waals surface area contributed by atoms with Crippen molar-refractivity contribution in [3.8, 4) is 11.5 Å². The Morgan fingerprint density at radius 2 is 1.75 bits per heavy atom. The minimum absolute atomic E-state index is 0.270. The highest BCUT2D eigenvalue weighted by atomic mass is 16.5. The van der Waals surface area contributed by atoms with Crippen LogP contribution in [0.2, 0.25) is 0 Å². The number of hydrogen-bond acceptors (Lipinski definition) is 4. The van der Waals surface area contributed by atoms with Crippen LogP contribution >= 0.6 is 0 Å². The molecule has 5 nitrogen and oxygen atoms in total. The van der Waals surface area contributed by atoms with Crippen LogP contribution in [0.4, 0.5) is 5.69 Å². The summed E-state index contributed by atoms with van der Waals surface area (Å²) in [5.41, 5.74) is 3.06. The van der Waals surface area contributed by atoms with E-state index in [4.69, 9.17) is 9.47 Å². The van der Waals surface area contributed by atoms with Gasteiger partial charge in [0.1, 0.15) is 6.61 Å². The van der Waals surface area contributed by atoms with Crippen molar-refractivity contribution in [3.05, 3.63) is 53.1 Å². The van der Waals surface area contributed by atoms with Gasteiger partial charge in [-0.1, -0.05) is 18.2 Å². The first-order valence-electron chi connectivity index (χ1n) is 7.76. The molecule has 0 aromatic heterocycles. The second-order valence-corrected chi connectivity index (χ2v) is 5.76. The van der Waals surface area contributed by atoms with Crippen LogP contribution in [-0.4, -0.2) is 32.0 Å². The molecule has 24 heavy (non-hydrogen) atoms. The first-order chi connectivity index (χ1) is 11.5. The molecule has 0 spiro atoms. The second-order valence-electron chi connectivity index (χ2n) is 5.76. The van der Waals surface area contributed by atoms with Crippen LogP contribution in [0.1, 0.15) is 21.5 Å². The van der Waals surface area contributed by atoms with E-state index < -0.39 is 11.7 Å². The number of amides is 1. The SMILES string of the molecule is COc1ccccc1OCCN1C(=O)C(=O)c2cc(C)cc(C)c21. The Labute approximate surface area is 140 Å². The van der Waals surface area contributed by atoms with Crippen molar-refractivity contribution < 1.29 is 19.1 Å². The van der Waals surface area contributed by atoms with Crippen molar-refractivity contribution in [2.45, 2.75) is 13.8 Å². The summed E-state index contributed by atoms with van der Waals surface area (Å²) >= 11 is 0. The van der Waals surface area contributed by atoms with Crippen LogP contribution in [0.3, 0.4) is 0 Å². The van der Waals surface area contributed by atoms with Gasteiger partial charge in [0, 0.05) is 0 Å². The zero-order valence-electron chi connectivity index (χ0n) is 14.0. The van der Waals surface area contributed by atoms with Gasteiger partial charge >= 0.3 is 0 Å². The topological polar surface area (TPSA) is 55.8 Å². The smallest absolute Gasteiger partial charge is 0.299 e. The van der Waals surface area contributed by atoms with Crippen molar-refractivity contribution in [1.29, 1.82) is 0 Å². The molecule has 0 fully saturated rings. The van der Waals surface area contributed by atoms with Crippen molar-refractivity contribution in [3.63, 3.8) is 0 Å². The fraction of sp³-hybridized carbons (Fsp3) is 0.263. The highest BCUT2D eigenvalue weighted by Crippen LogP contribution is 2.33. The number of anilines is 1. The van der Waals surface area contributed by atoms with Crippen molar-refractivity contribution in [2.75, 3.05) is 25.2 Å². The Morgan fingerprint density at radius 3 is 2.46 bits per heavy atom. The lowest BCUT2D eigenvalue weighted by Gasteiger charge is -2.19. The number of para-hydroxylation sites is 2. The fourth-order valence-corrected chi connectivity index (χ4v) is 3.03. The van der Waals surface area contributed by atoms with Crippen molar-refractivity contribution in [1.82, 2.24) is 0 Å². The summed E-state index contributed by atoms with van der Waals surface area (Å²) in [7, 11) is 1.58. The fourth-order valence-electron chi connectivity index (χ4n) is 3.03. The molecule has 0 saturated carbocycles. The molecule has 0 saturated heterocycles. The first kappa shape index (κ1) is 16.1. The Morgan fingerprint density at radius 1 is 1.04 bits per heavy atom. The van der Waals surface area contributed by atoms with Crippen LogP contribution < -0.4 is 14.4 Å². The maximum atomic E-state index is 12.3. The van der Waals surface area contributed by atoms with Crippen molar-refractivity contribution >= 4 is 17.4 Å². The number of hydrogen-bond donors (Lipinski definition) is 0. The predicted molar refractivity (Wildman–Crippen MR) is 91.1 cm³/mol. The zero-order chi connectivity index (χ0) is 17.3. The van der Waals surface area contributed by atoms with Gasteiger partial charge < -0.3 is 14.4 Å². The number of nitrogens with zero attached hydrogens (tertiary/aromatic N) is 1. The number of rotatable bonds is 5. The van der Waals surface area contributed by atoms with E-state index in [1.54, 1.807) is 19.2 Å². The Bertz CT molecular complexity index is 813. The summed E-state index contributed by atoms with van der Waals surface area (Å²) in [6.07, 6.45) is 0. The van der Waals surface area contributed by atoms with E-state index in [0.717, 1.165) is 11.1 Å². The standard InChI is InChI=1S/C19H19NO4/c1-12-10-13(2)17-14(11-12)18(21)19(22)20(17)8-9-24-16-7-5-4-6-15(16)23-3/h4-7,10-11H,8-9H2,1-3H3. The van der Waals surface area contributed by atoms with Gasteiger partial charge in [-0.3, -0.25) is 9.59 Å². The van der Waals surface area contributed by atoms with E-state index in [9.17, 15) is 9.59 Å². The Balaban J connectivity index is 1.77. The van der Waals surface area contributed by atoms with E-state index >= 15 is 0 Å². The Kier molecular flexibility index (Phi) is 4.25. The quantitative estimate of drug-likeness (QED) is 0.793. The third-order valence-corrected chi connectivity index (χ3v) is 4.04. The lowest BCUT2D eigenvalue weighted by molar-refractivity contribution is -0.114. The van der Waals surface area contributed by atoms with E-state index in [2.05, 4.69) is 0 Å². The zero-order valence-corrected chi connectivity index (χ0v) is 14.0. The molecule has 1 aliphatic heterocycles. The van der Waals surface area contributed by atoms with Crippen LogP contribution in [0, 0.1) is 13.8 Å². The summed E-state index contributed by atoms with van der Waals surface area (Å²) < 4.78 is 11.0. The van der Waals surface area contributed by atoms with E-state index in [-0.39, 0.29) is 6.61 Å². The Hall–Kier alpha value is -2.82. The van der Waals surface area contributed by atoms with Crippen LogP contribution in [0.25, 0.3) is 0 Å². The number of ether oxygens (including phenoxy) is 2. The normalized spacial score (nSPS) is 13.2. The maximum absolute atomic E-state index is 12.3.